The van der Waals surface area contributed by atoms with E-state index in [4.69, 9.17) is 0 Å². The summed E-state index contributed by atoms with van der Waals surface area (Å²) in [4.78, 5) is 34.9. The van der Waals surface area contributed by atoms with Crippen molar-refractivity contribution in [2.45, 2.75) is 19.3 Å². The van der Waals surface area contributed by atoms with Crippen LogP contribution in [0.15, 0.2) is 41.3 Å². The van der Waals surface area contributed by atoms with Crippen molar-refractivity contribution in [3.05, 3.63) is 52.6 Å². The zero-order valence-electron chi connectivity index (χ0n) is 14.3. The molecular weight excluding hydrogens is 318 g/mol. The maximum atomic E-state index is 12.0. The molecule has 0 bridgehead atoms. The second-order valence-corrected chi connectivity index (χ2v) is 6.16. The molecule has 2 heterocycles. The first kappa shape index (κ1) is 16.8. The molecular formula is C18H21N5O2. The molecule has 0 saturated heterocycles. The van der Waals surface area contributed by atoms with Gasteiger partial charge in [0.1, 0.15) is 5.82 Å². The molecule has 7 heteroatoms. The van der Waals surface area contributed by atoms with Gasteiger partial charge in [0.25, 0.3) is 0 Å². The summed E-state index contributed by atoms with van der Waals surface area (Å²) in [5, 5.41) is 2.81. The number of nitrogens with zero attached hydrogens (tertiary/aromatic N) is 2. The number of H-pyrrole nitrogens is 2. The van der Waals surface area contributed by atoms with Crippen molar-refractivity contribution in [3.63, 3.8) is 0 Å². The summed E-state index contributed by atoms with van der Waals surface area (Å²) in [5.74, 6) is 0.503. The van der Waals surface area contributed by atoms with E-state index in [0.717, 1.165) is 35.1 Å². The van der Waals surface area contributed by atoms with Crippen LogP contribution in [0.5, 0.6) is 0 Å². The topological polar surface area (TPSA) is 93.9 Å². The first-order valence-corrected chi connectivity index (χ1v) is 8.15. The number of nitrogens with one attached hydrogen (secondary N) is 3. The van der Waals surface area contributed by atoms with Crippen LogP contribution in [0.2, 0.25) is 0 Å². The van der Waals surface area contributed by atoms with Crippen LogP contribution >= 0.6 is 0 Å². The number of imidazole rings is 1. The van der Waals surface area contributed by atoms with Crippen LogP contribution < -0.4 is 15.9 Å². The van der Waals surface area contributed by atoms with Gasteiger partial charge in [0.15, 0.2) is 0 Å². The van der Waals surface area contributed by atoms with Crippen molar-refractivity contribution in [2.24, 2.45) is 0 Å². The van der Waals surface area contributed by atoms with Crippen LogP contribution in [0.4, 0.5) is 11.5 Å². The lowest BCUT2D eigenvalue weighted by Gasteiger charge is -2.12. The lowest BCUT2D eigenvalue weighted by atomic mass is 10.1. The zero-order chi connectivity index (χ0) is 17.8. The summed E-state index contributed by atoms with van der Waals surface area (Å²) >= 11 is 0. The van der Waals surface area contributed by atoms with Gasteiger partial charge in [-0.15, -0.1) is 0 Å². The minimum Gasteiger partial charge on any atom is -0.376 e. The summed E-state index contributed by atoms with van der Waals surface area (Å²) < 4.78 is 0. The van der Waals surface area contributed by atoms with Gasteiger partial charge in [-0.1, -0.05) is 6.07 Å². The maximum absolute atomic E-state index is 12.0. The fourth-order valence-electron chi connectivity index (χ4n) is 2.62. The van der Waals surface area contributed by atoms with Crippen molar-refractivity contribution >= 4 is 28.4 Å². The molecule has 0 aliphatic rings. The molecule has 1 aromatic carbocycles. The molecule has 0 radical (unpaired) electrons. The zero-order valence-corrected chi connectivity index (χ0v) is 14.3. The molecule has 130 valence electrons. The van der Waals surface area contributed by atoms with E-state index in [2.05, 4.69) is 20.3 Å². The quantitative estimate of drug-likeness (QED) is 0.642. The van der Waals surface area contributed by atoms with Crippen molar-refractivity contribution in [1.29, 1.82) is 0 Å². The highest BCUT2D eigenvalue weighted by Crippen LogP contribution is 2.14. The fraction of sp³-hybridized carbons (Fsp3) is 0.278. The van der Waals surface area contributed by atoms with Gasteiger partial charge in [-0.3, -0.25) is 4.79 Å². The summed E-state index contributed by atoms with van der Waals surface area (Å²) in [5.41, 5.74) is 3.44. The van der Waals surface area contributed by atoms with Crippen LogP contribution in [0.3, 0.4) is 0 Å². The number of aromatic nitrogens is 3. The van der Waals surface area contributed by atoms with Gasteiger partial charge in [-0.2, -0.15) is 0 Å². The lowest BCUT2D eigenvalue weighted by molar-refractivity contribution is -0.116. The minimum atomic E-state index is -0.209. The number of rotatable bonds is 6. The number of aryl methyl sites for hydroxylation is 1. The molecule has 2 aromatic heterocycles. The van der Waals surface area contributed by atoms with Gasteiger partial charge in [0, 0.05) is 20.5 Å². The van der Waals surface area contributed by atoms with E-state index < -0.39 is 0 Å². The number of amides is 1. The van der Waals surface area contributed by atoms with Gasteiger partial charge in [0.2, 0.25) is 5.91 Å². The number of fused-ring (bicyclic) bond motifs is 1. The largest absolute Gasteiger partial charge is 0.376 e. The van der Waals surface area contributed by atoms with Gasteiger partial charge in [-0.05, 0) is 42.7 Å². The molecule has 7 nitrogen and oxygen atoms in total. The standard InChI is InChI=1S/C18H21N5O2/c1-23(2)13-7-9-16(19-11-13)22-17(24)5-3-4-12-6-8-14-15(10-12)21-18(25)20-14/h6-11H,3-5H2,1-2H3,(H,19,22,24)(H2,20,21,25). The van der Waals surface area contributed by atoms with E-state index in [1.165, 1.54) is 0 Å². The third kappa shape index (κ3) is 4.26. The second-order valence-electron chi connectivity index (χ2n) is 6.16. The summed E-state index contributed by atoms with van der Waals surface area (Å²) in [7, 11) is 3.88. The van der Waals surface area contributed by atoms with Gasteiger partial charge in [-0.25, -0.2) is 9.78 Å². The summed E-state index contributed by atoms with van der Waals surface area (Å²) in [6, 6.07) is 9.48. The molecule has 3 N–H and O–H groups in total. The fourth-order valence-corrected chi connectivity index (χ4v) is 2.62. The van der Waals surface area contributed by atoms with E-state index in [0.29, 0.717) is 12.2 Å². The molecule has 0 aliphatic carbocycles. The number of hydrogen-bond donors (Lipinski definition) is 3. The number of pyridine rings is 1. The number of benzene rings is 1. The number of carbonyl (C=O) groups is 1. The van der Waals surface area contributed by atoms with E-state index in [1.54, 1.807) is 12.3 Å². The highest BCUT2D eigenvalue weighted by molar-refractivity contribution is 5.89. The Bertz CT molecular complexity index is 925. The number of hydrogen-bond acceptors (Lipinski definition) is 4. The SMILES string of the molecule is CN(C)c1ccc(NC(=O)CCCc2ccc3[nH]c(=O)[nH]c3c2)nc1. The molecule has 0 saturated carbocycles. The average molecular weight is 339 g/mol. The van der Waals surface area contributed by atoms with Crippen molar-refractivity contribution in [2.75, 3.05) is 24.3 Å². The van der Waals surface area contributed by atoms with Crippen molar-refractivity contribution in [3.8, 4) is 0 Å². The van der Waals surface area contributed by atoms with Crippen LogP contribution in [-0.2, 0) is 11.2 Å². The van der Waals surface area contributed by atoms with Gasteiger partial charge < -0.3 is 20.2 Å². The second kappa shape index (κ2) is 7.21. The maximum Gasteiger partial charge on any atom is 0.323 e. The van der Waals surface area contributed by atoms with Crippen LogP contribution in [0, 0.1) is 0 Å². The number of aromatic amines is 2. The third-order valence-corrected chi connectivity index (χ3v) is 3.98. The third-order valence-electron chi connectivity index (χ3n) is 3.98. The van der Waals surface area contributed by atoms with Gasteiger partial charge >= 0.3 is 5.69 Å². The Morgan fingerprint density at radius 2 is 1.96 bits per heavy atom. The Hall–Kier alpha value is -3.09. The van der Waals surface area contributed by atoms with Crippen LogP contribution in [0.25, 0.3) is 11.0 Å². The van der Waals surface area contributed by atoms with Crippen molar-refractivity contribution < 1.29 is 4.79 Å². The molecule has 3 rings (SSSR count). The van der Waals surface area contributed by atoms with E-state index in [9.17, 15) is 9.59 Å². The van der Waals surface area contributed by atoms with Crippen LogP contribution in [-0.4, -0.2) is 35.0 Å². The molecule has 0 fully saturated rings. The molecule has 0 unspecified atom stereocenters. The predicted octanol–water partition coefficient (Wildman–Crippen LogP) is 2.28. The van der Waals surface area contributed by atoms with Crippen LogP contribution in [0.1, 0.15) is 18.4 Å². The molecule has 1 amide bonds. The Morgan fingerprint density at radius 1 is 1.16 bits per heavy atom. The van der Waals surface area contributed by atoms with E-state index in [1.807, 2.05) is 43.3 Å². The lowest BCUT2D eigenvalue weighted by Crippen LogP contribution is -2.13. The minimum absolute atomic E-state index is 0.0544. The molecule has 0 atom stereocenters. The summed E-state index contributed by atoms with van der Waals surface area (Å²) in [6.45, 7) is 0. The monoisotopic (exact) mass is 339 g/mol. The Labute approximate surface area is 145 Å². The molecule has 0 aliphatic heterocycles. The highest BCUT2D eigenvalue weighted by Gasteiger charge is 2.05. The molecule has 3 aromatic rings. The normalized spacial score (nSPS) is 10.8. The number of carbonyl (C=O) groups excluding carboxylic acids is 1. The van der Waals surface area contributed by atoms with Gasteiger partial charge in [0.05, 0.1) is 22.9 Å². The predicted molar refractivity (Wildman–Crippen MR) is 99.1 cm³/mol. The first-order valence-electron chi connectivity index (χ1n) is 8.15. The Morgan fingerprint density at radius 3 is 2.68 bits per heavy atom. The Kier molecular flexibility index (Phi) is 4.83. The molecule has 25 heavy (non-hydrogen) atoms. The Balaban J connectivity index is 1.50. The van der Waals surface area contributed by atoms with E-state index in [-0.39, 0.29) is 11.6 Å². The number of anilines is 2. The average Bonchev–Trinajstić information content (AvgIpc) is 2.94. The first-order chi connectivity index (χ1) is 12.0. The van der Waals surface area contributed by atoms with E-state index >= 15 is 0 Å². The summed E-state index contributed by atoms with van der Waals surface area (Å²) in [6.07, 6.45) is 3.63. The molecule has 0 spiro atoms. The smallest absolute Gasteiger partial charge is 0.323 e. The highest BCUT2D eigenvalue weighted by atomic mass is 16.1. The van der Waals surface area contributed by atoms with Crippen molar-refractivity contribution in [1.82, 2.24) is 15.0 Å².